The van der Waals surface area contributed by atoms with Gasteiger partial charge in [-0.15, -0.1) is 0 Å². The minimum Gasteiger partial charge on any atom is -0.207 e. The molecule has 0 spiro atoms. The fraction of sp³-hybridized carbons (Fsp3) is 0.0909. The first-order valence-electron chi connectivity index (χ1n) is 3.92. The molecule has 1 aliphatic carbocycles. The molecule has 0 saturated carbocycles. The average Bonchev–Trinajstić information content (AvgIpc) is 2.62. The summed E-state index contributed by atoms with van der Waals surface area (Å²) in [5.74, 6) is -0.178. The fourth-order valence-corrected chi connectivity index (χ4v) is 0.808. The van der Waals surface area contributed by atoms with Crippen LogP contribution in [0.4, 0.5) is 4.39 Å². The molecule has 0 fully saturated rings. The maximum atomic E-state index is 11.9. The molecule has 0 aromatic heterocycles. The Labute approximate surface area is 72.0 Å². The summed E-state index contributed by atoms with van der Waals surface area (Å²) in [5.41, 5.74) is 0. The van der Waals surface area contributed by atoms with Crippen molar-refractivity contribution in [1.82, 2.24) is 0 Å². The van der Waals surface area contributed by atoms with Gasteiger partial charge in [-0.25, -0.2) is 4.39 Å². The molecule has 1 heteroatoms. The summed E-state index contributed by atoms with van der Waals surface area (Å²) < 4.78 is 11.9. The van der Waals surface area contributed by atoms with Crippen molar-refractivity contribution >= 4 is 0 Å². The molecule has 0 saturated heterocycles. The first-order valence-corrected chi connectivity index (χ1v) is 3.92. The third-order valence-corrected chi connectivity index (χ3v) is 1.39. The van der Waals surface area contributed by atoms with Gasteiger partial charge in [-0.1, -0.05) is 42.5 Å². The van der Waals surface area contributed by atoms with E-state index < -0.39 is 0 Å². The van der Waals surface area contributed by atoms with E-state index in [1.807, 2.05) is 0 Å². The van der Waals surface area contributed by atoms with E-state index in [0.717, 1.165) is 6.42 Å². The molecular formula is C11H11F. The maximum Gasteiger partial charge on any atom is 0.123 e. The van der Waals surface area contributed by atoms with Gasteiger partial charge in [-0.2, -0.15) is 0 Å². The van der Waals surface area contributed by atoms with Crippen molar-refractivity contribution in [2.45, 2.75) is 6.42 Å². The monoisotopic (exact) mass is 162 g/mol. The van der Waals surface area contributed by atoms with Gasteiger partial charge in [0.05, 0.1) is 0 Å². The van der Waals surface area contributed by atoms with Crippen LogP contribution in [0.3, 0.4) is 0 Å². The van der Waals surface area contributed by atoms with Crippen LogP contribution >= 0.6 is 0 Å². The van der Waals surface area contributed by atoms with E-state index in [1.165, 1.54) is 12.1 Å². The van der Waals surface area contributed by atoms with E-state index in [1.54, 1.807) is 18.2 Å². The largest absolute Gasteiger partial charge is 0.207 e. The molecule has 1 aliphatic rings. The van der Waals surface area contributed by atoms with Crippen LogP contribution in [-0.2, 0) is 0 Å². The van der Waals surface area contributed by atoms with Crippen molar-refractivity contribution in [3.8, 4) is 0 Å². The third kappa shape index (κ3) is 3.71. The Hall–Kier alpha value is -1.37. The Balaban J connectivity index is 0.000000127. The molecule has 0 N–H and O–H groups in total. The van der Waals surface area contributed by atoms with Crippen molar-refractivity contribution in [2.24, 2.45) is 0 Å². The van der Waals surface area contributed by atoms with Crippen molar-refractivity contribution in [2.75, 3.05) is 0 Å². The normalized spacial score (nSPS) is 12.4. The molecule has 0 aliphatic heterocycles. The minimum atomic E-state index is -0.178. The van der Waals surface area contributed by atoms with Crippen molar-refractivity contribution in [3.63, 3.8) is 0 Å². The standard InChI is InChI=1S/C6H5F.C5H6/c7-6-4-2-1-3-5-6;1-2-4-5-3-1/h1-5H;1-4H,5H2. The van der Waals surface area contributed by atoms with Gasteiger partial charge in [0.15, 0.2) is 0 Å². The first-order chi connectivity index (χ1) is 5.89. The molecule has 0 radical (unpaired) electrons. The van der Waals surface area contributed by atoms with Crippen LogP contribution in [0, 0.1) is 5.82 Å². The lowest BCUT2D eigenvalue weighted by Crippen LogP contribution is -1.63. The summed E-state index contributed by atoms with van der Waals surface area (Å²) in [7, 11) is 0. The molecule has 1 aromatic carbocycles. The minimum absolute atomic E-state index is 0.178. The van der Waals surface area contributed by atoms with E-state index in [4.69, 9.17) is 0 Å². The molecule has 0 bridgehead atoms. The zero-order valence-corrected chi connectivity index (χ0v) is 6.78. The Morgan fingerprint density at radius 2 is 1.50 bits per heavy atom. The van der Waals surface area contributed by atoms with Crippen LogP contribution < -0.4 is 0 Å². The second kappa shape index (κ2) is 5.30. The third-order valence-electron chi connectivity index (χ3n) is 1.39. The van der Waals surface area contributed by atoms with Crippen LogP contribution in [-0.4, -0.2) is 0 Å². The van der Waals surface area contributed by atoms with E-state index in [0.29, 0.717) is 0 Å². The highest BCUT2D eigenvalue weighted by molar-refractivity contribution is 5.12. The van der Waals surface area contributed by atoms with Gasteiger partial charge in [0.2, 0.25) is 0 Å². The first kappa shape index (κ1) is 8.72. The molecule has 0 heterocycles. The van der Waals surface area contributed by atoms with Gasteiger partial charge in [-0.05, 0) is 18.6 Å². The van der Waals surface area contributed by atoms with E-state index in [-0.39, 0.29) is 5.82 Å². The quantitative estimate of drug-likeness (QED) is 0.549. The molecule has 0 nitrogen and oxygen atoms in total. The average molecular weight is 162 g/mol. The lowest BCUT2D eigenvalue weighted by Gasteiger charge is -1.78. The number of rotatable bonds is 0. The lowest BCUT2D eigenvalue weighted by molar-refractivity contribution is 0.628. The van der Waals surface area contributed by atoms with E-state index >= 15 is 0 Å². The summed E-state index contributed by atoms with van der Waals surface area (Å²) in [6.45, 7) is 0. The Kier molecular flexibility index (Phi) is 3.86. The predicted octanol–water partition coefficient (Wildman–Crippen LogP) is 3.33. The van der Waals surface area contributed by atoms with Crippen LogP contribution in [0.25, 0.3) is 0 Å². The lowest BCUT2D eigenvalue weighted by atomic mass is 10.4. The molecule has 62 valence electrons. The summed E-state index contributed by atoms with van der Waals surface area (Å²) >= 11 is 0. The van der Waals surface area contributed by atoms with Crippen LogP contribution in [0.15, 0.2) is 54.6 Å². The summed E-state index contributed by atoms with van der Waals surface area (Å²) in [5, 5.41) is 0. The number of hydrogen-bond donors (Lipinski definition) is 0. The second-order valence-corrected chi connectivity index (χ2v) is 2.39. The molecule has 2 rings (SSSR count). The zero-order valence-electron chi connectivity index (χ0n) is 6.78. The van der Waals surface area contributed by atoms with E-state index in [9.17, 15) is 4.39 Å². The number of hydrogen-bond acceptors (Lipinski definition) is 0. The zero-order chi connectivity index (χ0) is 8.65. The van der Waals surface area contributed by atoms with Gasteiger partial charge in [-0.3, -0.25) is 0 Å². The highest BCUT2D eigenvalue weighted by atomic mass is 19.1. The van der Waals surface area contributed by atoms with Crippen molar-refractivity contribution in [1.29, 1.82) is 0 Å². The van der Waals surface area contributed by atoms with Gasteiger partial charge < -0.3 is 0 Å². The van der Waals surface area contributed by atoms with Gasteiger partial charge in [0.25, 0.3) is 0 Å². The van der Waals surface area contributed by atoms with Crippen LogP contribution in [0.5, 0.6) is 0 Å². The topological polar surface area (TPSA) is 0 Å². The summed E-state index contributed by atoms with van der Waals surface area (Å²) in [4.78, 5) is 0. The molecule has 1 aromatic rings. The van der Waals surface area contributed by atoms with Gasteiger partial charge >= 0.3 is 0 Å². The van der Waals surface area contributed by atoms with Crippen LogP contribution in [0.2, 0.25) is 0 Å². The van der Waals surface area contributed by atoms with Crippen molar-refractivity contribution in [3.05, 3.63) is 60.5 Å². The number of allylic oxidation sites excluding steroid dienone is 4. The fourth-order valence-electron chi connectivity index (χ4n) is 0.808. The SMILES string of the molecule is C1=CCC=C1.Fc1ccccc1. The van der Waals surface area contributed by atoms with Crippen LogP contribution in [0.1, 0.15) is 6.42 Å². The Morgan fingerprint density at radius 1 is 0.917 bits per heavy atom. The molecule has 0 unspecified atom stereocenters. The Morgan fingerprint density at radius 3 is 1.75 bits per heavy atom. The van der Waals surface area contributed by atoms with E-state index in [2.05, 4.69) is 24.3 Å². The second-order valence-electron chi connectivity index (χ2n) is 2.39. The summed E-state index contributed by atoms with van der Waals surface area (Å²) in [6, 6.07) is 7.94. The van der Waals surface area contributed by atoms with Crippen molar-refractivity contribution < 1.29 is 4.39 Å². The maximum absolute atomic E-state index is 11.9. The van der Waals surface area contributed by atoms with Gasteiger partial charge in [0, 0.05) is 0 Å². The highest BCUT2D eigenvalue weighted by Crippen LogP contribution is 1.93. The predicted molar refractivity (Wildman–Crippen MR) is 49.3 cm³/mol. The highest BCUT2D eigenvalue weighted by Gasteiger charge is 1.77. The van der Waals surface area contributed by atoms with Gasteiger partial charge in [0.1, 0.15) is 5.82 Å². The smallest absolute Gasteiger partial charge is 0.123 e. The Bertz CT molecular complexity index is 250. The molecule has 0 atom stereocenters. The molecule has 12 heavy (non-hydrogen) atoms. The summed E-state index contributed by atoms with van der Waals surface area (Å²) in [6.07, 6.45) is 9.50. The molecule has 0 amide bonds. The molecular weight excluding hydrogens is 151 g/mol. The number of halogens is 1. The number of benzene rings is 1.